The van der Waals surface area contributed by atoms with Crippen LogP contribution in [0.5, 0.6) is 5.75 Å². The zero-order valence-corrected chi connectivity index (χ0v) is 20.3. The number of hydrogen-bond acceptors (Lipinski definition) is 4. The molecule has 1 N–H and O–H groups in total. The van der Waals surface area contributed by atoms with Crippen molar-refractivity contribution in [1.29, 1.82) is 0 Å². The van der Waals surface area contributed by atoms with Crippen LogP contribution in [0.1, 0.15) is 24.1 Å². The van der Waals surface area contributed by atoms with E-state index in [1.54, 1.807) is 11.8 Å². The molecular weight excluding hydrogens is 466 g/mol. The molecule has 6 rings (SSSR count). The van der Waals surface area contributed by atoms with Crippen LogP contribution in [0.15, 0.2) is 97.1 Å². The lowest BCUT2D eigenvalue weighted by Crippen LogP contribution is -2.48. The van der Waals surface area contributed by atoms with E-state index in [1.165, 1.54) is 0 Å². The van der Waals surface area contributed by atoms with Crippen molar-refractivity contribution in [3.63, 3.8) is 0 Å². The normalized spacial score (nSPS) is 20.9. The number of nitrogens with one attached hydrogen (secondary N) is 1. The van der Waals surface area contributed by atoms with Crippen LogP contribution < -0.4 is 15.0 Å². The predicted octanol–water partition coefficient (Wildman–Crippen LogP) is 4.77. The summed E-state index contributed by atoms with van der Waals surface area (Å²) in [5.74, 6) is -0.240. The topological polar surface area (TPSA) is 79.0 Å². The van der Waals surface area contributed by atoms with Crippen LogP contribution in [-0.4, -0.2) is 35.9 Å². The molecule has 0 aromatic heterocycles. The molecule has 1 saturated heterocycles. The summed E-state index contributed by atoms with van der Waals surface area (Å²) in [5.41, 5.74) is 0.914. The van der Waals surface area contributed by atoms with E-state index in [4.69, 9.17) is 4.74 Å². The molecule has 7 nitrogen and oxygen atoms in total. The predicted molar refractivity (Wildman–Crippen MR) is 140 cm³/mol. The third-order valence-electron chi connectivity index (χ3n) is 7.18. The first-order chi connectivity index (χ1) is 18.0. The molecule has 4 aromatic rings. The number of benzene rings is 4. The fraction of sp³-hybridized carbons (Fsp3) is 0.167. The minimum atomic E-state index is -1.29. The quantitative estimate of drug-likeness (QED) is 0.417. The largest absolute Gasteiger partial charge is 0.489 e. The molecule has 0 bridgehead atoms. The lowest BCUT2D eigenvalue weighted by atomic mass is 9.88. The van der Waals surface area contributed by atoms with Crippen LogP contribution in [0.2, 0.25) is 0 Å². The van der Waals surface area contributed by atoms with Gasteiger partial charge < -0.3 is 10.1 Å². The summed E-state index contributed by atoms with van der Waals surface area (Å²) in [7, 11) is 0. The molecule has 7 heteroatoms. The minimum Gasteiger partial charge on any atom is -0.489 e. The smallest absolute Gasteiger partial charge is 0.325 e. The molecule has 2 aliphatic heterocycles. The van der Waals surface area contributed by atoms with Gasteiger partial charge in [0.05, 0.1) is 11.7 Å². The van der Waals surface area contributed by atoms with Crippen molar-refractivity contribution in [2.75, 3.05) is 18.1 Å². The average molecular weight is 492 g/mol. The Morgan fingerprint density at radius 2 is 1.62 bits per heavy atom. The number of imide groups is 1. The number of ether oxygens (including phenoxy) is 1. The second-order valence-electron chi connectivity index (χ2n) is 9.44. The first-order valence-electron chi connectivity index (χ1n) is 12.2. The Morgan fingerprint density at radius 3 is 2.46 bits per heavy atom. The van der Waals surface area contributed by atoms with Crippen molar-refractivity contribution < 1.29 is 19.1 Å². The number of hydrogen-bond donors (Lipinski definition) is 1. The number of para-hydroxylation sites is 2. The maximum atomic E-state index is 13.8. The van der Waals surface area contributed by atoms with Crippen LogP contribution in [-0.2, 0) is 15.1 Å². The maximum Gasteiger partial charge on any atom is 0.325 e. The first-order valence-corrected chi connectivity index (χ1v) is 12.2. The fourth-order valence-corrected chi connectivity index (χ4v) is 5.31. The molecule has 4 amide bonds. The molecule has 2 atom stereocenters. The summed E-state index contributed by atoms with van der Waals surface area (Å²) in [6, 6.07) is 29.3. The highest BCUT2D eigenvalue weighted by molar-refractivity contribution is 6.12. The van der Waals surface area contributed by atoms with E-state index < -0.39 is 23.5 Å². The molecule has 2 aliphatic rings. The SMILES string of the molecule is C[C@]1(c2cccc3ccccc23)NC(=O)N(CC(=O)N2c3ccccc3OC[C@H]2c2ccccc2)C1=O. The molecular formula is C30H25N3O4. The van der Waals surface area contributed by atoms with E-state index in [1.807, 2.05) is 97.1 Å². The second-order valence-corrected chi connectivity index (χ2v) is 9.44. The van der Waals surface area contributed by atoms with Crippen molar-refractivity contribution >= 4 is 34.3 Å². The summed E-state index contributed by atoms with van der Waals surface area (Å²) in [4.78, 5) is 43.4. The standard InChI is InChI=1S/C30H25N3O4/c1-30(23-15-9-13-20-10-5-6-14-22(20)23)28(35)32(29(36)31-30)18-27(34)33-24-16-7-8-17-26(24)37-19-25(33)21-11-3-2-4-12-21/h2-17,25H,18-19H2,1H3,(H,31,36)/t25-,30+/m0/s1. The molecule has 0 aliphatic carbocycles. The van der Waals surface area contributed by atoms with Crippen LogP contribution >= 0.6 is 0 Å². The molecule has 0 spiro atoms. The number of rotatable bonds is 4. The number of amides is 4. The number of nitrogens with zero attached hydrogens (tertiary/aromatic N) is 2. The summed E-state index contributed by atoms with van der Waals surface area (Å²) in [6.45, 7) is 1.57. The highest BCUT2D eigenvalue weighted by Crippen LogP contribution is 2.40. The maximum absolute atomic E-state index is 13.8. The Kier molecular flexibility index (Phi) is 5.41. The van der Waals surface area contributed by atoms with Gasteiger partial charge in [0.15, 0.2) is 0 Å². The van der Waals surface area contributed by atoms with Gasteiger partial charge in [-0.2, -0.15) is 0 Å². The summed E-state index contributed by atoms with van der Waals surface area (Å²) < 4.78 is 5.96. The van der Waals surface area contributed by atoms with Gasteiger partial charge in [-0.3, -0.25) is 19.4 Å². The highest BCUT2D eigenvalue weighted by atomic mass is 16.5. The Bertz CT molecular complexity index is 1530. The van der Waals surface area contributed by atoms with E-state index in [2.05, 4.69) is 5.32 Å². The van der Waals surface area contributed by atoms with E-state index in [-0.39, 0.29) is 19.1 Å². The molecule has 184 valence electrons. The number of carbonyl (C=O) groups is 3. The van der Waals surface area contributed by atoms with Gasteiger partial charge in [0, 0.05) is 0 Å². The summed E-state index contributed by atoms with van der Waals surface area (Å²) in [5, 5.41) is 4.69. The number of urea groups is 1. The van der Waals surface area contributed by atoms with Gasteiger partial charge in [0.25, 0.3) is 5.91 Å². The van der Waals surface area contributed by atoms with Gasteiger partial charge >= 0.3 is 6.03 Å². The number of carbonyl (C=O) groups excluding carboxylic acids is 3. The highest BCUT2D eigenvalue weighted by Gasteiger charge is 2.50. The Balaban J connectivity index is 1.34. The molecule has 0 saturated carbocycles. The van der Waals surface area contributed by atoms with Gasteiger partial charge in [-0.15, -0.1) is 0 Å². The lowest BCUT2D eigenvalue weighted by molar-refractivity contribution is -0.134. The third kappa shape index (κ3) is 3.71. The van der Waals surface area contributed by atoms with Crippen molar-refractivity contribution in [3.8, 4) is 5.75 Å². The molecule has 37 heavy (non-hydrogen) atoms. The molecule has 0 unspecified atom stereocenters. The Morgan fingerprint density at radius 1 is 0.919 bits per heavy atom. The van der Waals surface area contributed by atoms with Gasteiger partial charge in [0.1, 0.15) is 24.4 Å². The van der Waals surface area contributed by atoms with Crippen molar-refractivity contribution in [2.24, 2.45) is 0 Å². The fourth-order valence-electron chi connectivity index (χ4n) is 5.31. The number of anilines is 1. The molecule has 0 radical (unpaired) electrons. The van der Waals surface area contributed by atoms with Gasteiger partial charge in [-0.25, -0.2) is 4.79 Å². The minimum absolute atomic E-state index is 0.265. The third-order valence-corrected chi connectivity index (χ3v) is 7.18. The lowest BCUT2D eigenvalue weighted by Gasteiger charge is -2.37. The Hall–Kier alpha value is -4.65. The van der Waals surface area contributed by atoms with Gasteiger partial charge in [0.2, 0.25) is 5.91 Å². The zero-order chi connectivity index (χ0) is 25.6. The van der Waals surface area contributed by atoms with Crippen molar-refractivity contribution in [3.05, 3.63) is 108 Å². The van der Waals surface area contributed by atoms with E-state index in [0.29, 0.717) is 17.0 Å². The van der Waals surface area contributed by atoms with Crippen LogP contribution in [0.4, 0.5) is 10.5 Å². The van der Waals surface area contributed by atoms with Crippen molar-refractivity contribution in [1.82, 2.24) is 10.2 Å². The van der Waals surface area contributed by atoms with E-state index >= 15 is 0 Å². The van der Waals surface area contributed by atoms with Crippen LogP contribution in [0, 0.1) is 0 Å². The van der Waals surface area contributed by atoms with Crippen molar-refractivity contribution in [2.45, 2.75) is 18.5 Å². The molecule has 4 aromatic carbocycles. The van der Waals surface area contributed by atoms with E-state index in [9.17, 15) is 14.4 Å². The number of fused-ring (bicyclic) bond motifs is 2. The van der Waals surface area contributed by atoms with Crippen LogP contribution in [0.3, 0.4) is 0 Å². The summed E-state index contributed by atoms with van der Waals surface area (Å²) >= 11 is 0. The van der Waals surface area contributed by atoms with Gasteiger partial charge in [-0.05, 0) is 41.0 Å². The van der Waals surface area contributed by atoms with Gasteiger partial charge in [-0.1, -0.05) is 84.9 Å². The van der Waals surface area contributed by atoms with E-state index in [0.717, 1.165) is 21.2 Å². The second kappa shape index (κ2) is 8.78. The molecule has 1 fully saturated rings. The molecule has 2 heterocycles. The first kappa shape index (κ1) is 22.8. The average Bonchev–Trinajstić information content (AvgIpc) is 3.16. The Labute approximate surface area is 214 Å². The monoisotopic (exact) mass is 491 g/mol. The van der Waals surface area contributed by atoms with Crippen LogP contribution in [0.25, 0.3) is 10.8 Å². The zero-order valence-electron chi connectivity index (χ0n) is 20.3. The summed E-state index contributed by atoms with van der Waals surface area (Å²) in [6.07, 6.45) is 0.